The van der Waals surface area contributed by atoms with Gasteiger partial charge in [0.2, 0.25) is 0 Å². The molecule has 9 heteroatoms. The molecule has 5 nitrogen and oxygen atoms in total. The van der Waals surface area contributed by atoms with Gasteiger partial charge in [0.15, 0.2) is 0 Å². The van der Waals surface area contributed by atoms with Crippen molar-refractivity contribution in [3.8, 4) is 0 Å². The lowest BCUT2D eigenvalue weighted by Gasteiger charge is -2.32. The molecule has 1 aliphatic rings. The molecule has 2 aromatic carbocycles. The number of nitrogens with two attached hydrogens (primary N) is 1. The second kappa shape index (κ2) is 10.1. The summed E-state index contributed by atoms with van der Waals surface area (Å²) in [7, 11) is 0. The minimum absolute atomic E-state index is 0.176. The minimum Gasteiger partial charge on any atom is -0.475 e. The van der Waals surface area contributed by atoms with E-state index >= 15 is 0 Å². The number of carbonyl (C=O) groups is 2. The summed E-state index contributed by atoms with van der Waals surface area (Å²) in [6.07, 6.45) is -3.05. The van der Waals surface area contributed by atoms with Gasteiger partial charge in [0.25, 0.3) is 5.91 Å². The summed E-state index contributed by atoms with van der Waals surface area (Å²) in [6, 6.07) is 18.8. The van der Waals surface area contributed by atoms with Gasteiger partial charge >= 0.3 is 12.1 Å². The number of thiophene rings is 1. The van der Waals surface area contributed by atoms with E-state index in [4.69, 9.17) is 15.6 Å². The van der Waals surface area contributed by atoms with Crippen LogP contribution in [0.1, 0.15) is 39.6 Å². The monoisotopic (exact) mass is 464 g/mol. The van der Waals surface area contributed by atoms with Crippen LogP contribution in [0.15, 0.2) is 54.6 Å². The first-order chi connectivity index (χ1) is 15.2. The van der Waals surface area contributed by atoms with Crippen molar-refractivity contribution in [2.45, 2.75) is 31.5 Å². The fraction of sp³-hybridized carbons (Fsp3) is 0.304. The first-order valence-electron chi connectivity index (χ1n) is 10.1. The van der Waals surface area contributed by atoms with Gasteiger partial charge in [0.05, 0.1) is 4.88 Å². The number of aliphatic carboxylic acids is 1. The summed E-state index contributed by atoms with van der Waals surface area (Å²) >= 11 is 1.60. The van der Waals surface area contributed by atoms with Gasteiger partial charge in [-0.2, -0.15) is 13.2 Å². The lowest BCUT2D eigenvalue weighted by Crippen LogP contribution is -2.37. The van der Waals surface area contributed by atoms with Crippen molar-refractivity contribution in [3.63, 3.8) is 0 Å². The van der Waals surface area contributed by atoms with Gasteiger partial charge in [0, 0.05) is 24.3 Å². The first kappa shape index (κ1) is 23.7. The molecule has 1 saturated heterocycles. The summed E-state index contributed by atoms with van der Waals surface area (Å²) in [5.74, 6) is -2.05. The average molecular weight is 465 g/mol. The largest absolute Gasteiger partial charge is 0.490 e. The number of likely N-dealkylation sites (tertiary alicyclic amines) is 1. The van der Waals surface area contributed by atoms with Crippen molar-refractivity contribution in [2.75, 3.05) is 13.1 Å². The Morgan fingerprint density at radius 2 is 1.72 bits per heavy atom. The summed E-state index contributed by atoms with van der Waals surface area (Å²) in [4.78, 5) is 24.6. The third kappa shape index (κ3) is 5.86. The van der Waals surface area contributed by atoms with Crippen molar-refractivity contribution in [2.24, 2.45) is 5.73 Å². The molecule has 3 aromatic rings. The van der Waals surface area contributed by atoms with Gasteiger partial charge in [-0.1, -0.05) is 42.5 Å². The SMILES string of the molecule is NCc1cccc(C2CCN(C(=O)c3cc4ccccc4s3)CC2)c1.O=C(O)C(F)(F)F. The molecular formula is C23H23F3N2O3S. The lowest BCUT2D eigenvalue weighted by atomic mass is 9.88. The van der Waals surface area contributed by atoms with Crippen LogP contribution < -0.4 is 5.73 Å². The molecule has 0 atom stereocenters. The molecule has 0 spiro atoms. The van der Waals surface area contributed by atoms with Crippen molar-refractivity contribution in [1.29, 1.82) is 0 Å². The molecule has 0 aliphatic carbocycles. The van der Waals surface area contributed by atoms with Crippen LogP contribution in [-0.2, 0) is 11.3 Å². The molecule has 4 rings (SSSR count). The number of carboxylic acids is 1. The topological polar surface area (TPSA) is 83.6 Å². The number of halogens is 3. The molecule has 3 N–H and O–H groups in total. The fourth-order valence-electron chi connectivity index (χ4n) is 3.63. The van der Waals surface area contributed by atoms with Crippen LogP contribution in [0.3, 0.4) is 0 Å². The number of hydrogen-bond donors (Lipinski definition) is 2. The predicted molar refractivity (Wildman–Crippen MR) is 118 cm³/mol. The van der Waals surface area contributed by atoms with Gasteiger partial charge in [-0.25, -0.2) is 4.79 Å². The molecule has 1 fully saturated rings. The first-order valence-corrected chi connectivity index (χ1v) is 10.9. The summed E-state index contributed by atoms with van der Waals surface area (Å²) in [5, 5.41) is 8.28. The Hall–Kier alpha value is -2.91. The molecule has 0 saturated carbocycles. The number of nitrogens with zero attached hydrogens (tertiary/aromatic N) is 1. The van der Waals surface area contributed by atoms with Crippen LogP contribution >= 0.6 is 11.3 Å². The van der Waals surface area contributed by atoms with Crippen molar-refractivity contribution in [3.05, 3.63) is 70.6 Å². The molecule has 1 aromatic heterocycles. The Balaban J connectivity index is 0.000000360. The highest BCUT2D eigenvalue weighted by molar-refractivity contribution is 7.20. The molecule has 1 aliphatic heterocycles. The van der Waals surface area contributed by atoms with Crippen LogP contribution in [0.2, 0.25) is 0 Å². The highest BCUT2D eigenvalue weighted by Gasteiger charge is 2.38. The van der Waals surface area contributed by atoms with E-state index in [1.807, 2.05) is 23.1 Å². The van der Waals surface area contributed by atoms with E-state index in [1.54, 1.807) is 11.3 Å². The Bertz CT molecular complexity index is 1060. The normalized spacial score (nSPS) is 14.7. The van der Waals surface area contributed by atoms with Gasteiger partial charge in [0.1, 0.15) is 0 Å². The number of benzene rings is 2. The molecule has 2 heterocycles. The van der Waals surface area contributed by atoms with Crippen LogP contribution in [-0.4, -0.2) is 41.1 Å². The molecule has 0 bridgehead atoms. The maximum absolute atomic E-state index is 12.8. The number of rotatable bonds is 3. The third-order valence-corrected chi connectivity index (χ3v) is 6.42. The Kier molecular flexibility index (Phi) is 7.52. The molecule has 0 unspecified atom stereocenters. The third-order valence-electron chi connectivity index (χ3n) is 5.32. The average Bonchev–Trinajstić information content (AvgIpc) is 3.23. The van der Waals surface area contributed by atoms with E-state index in [9.17, 15) is 18.0 Å². The molecule has 0 radical (unpaired) electrons. The van der Waals surface area contributed by atoms with E-state index < -0.39 is 12.1 Å². The summed E-state index contributed by atoms with van der Waals surface area (Å²) in [6.45, 7) is 2.23. The quantitative estimate of drug-likeness (QED) is 0.571. The number of hydrogen-bond acceptors (Lipinski definition) is 4. The number of carbonyl (C=O) groups excluding carboxylic acids is 1. The van der Waals surface area contributed by atoms with E-state index in [0.29, 0.717) is 12.5 Å². The van der Waals surface area contributed by atoms with Crippen molar-refractivity contribution < 1.29 is 27.9 Å². The molecule has 170 valence electrons. The molecule has 32 heavy (non-hydrogen) atoms. The fourth-order valence-corrected chi connectivity index (χ4v) is 4.66. The van der Waals surface area contributed by atoms with E-state index in [-0.39, 0.29) is 5.91 Å². The summed E-state index contributed by atoms with van der Waals surface area (Å²) < 4.78 is 32.9. The predicted octanol–water partition coefficient (Wildman–Crippen LogP) is 5.01. The van der Waals surface area contributed by atoms with Crippen molar-refractivity contribution in [1.82, 2.24) is 4.90 Å². The second-order valence-corrected chi connectivity index (χ2v) is 8.55. The number of carboxylic acid groups (broad SMARTS) is 1. The van der Waals surface area contributed by atoms with Crippen LogP contribution in [0.5, 0.6) is 0 Å². The Morgan fingerprint density at radius 3 is 2.31 bits per heavy atom. The minimum atomic E-state index is -5.08. The number of fused-ring (bicyclic) bond motifs is 1. The maximum atomic E-state index is 12.8. The van der Waals surface area contributed by atoms with E-state index in [0.717, 1.165) is 36.2 Å². The van der Waals surface area contributed by atoms with Crippen LogP contribution in [0, 0.1) is 0 Å². The maximum Gasteiger partial charge on any atom is 0.490 e. The molecular weight excluding hydrogens is 441 g/mol. The van der Waals surface area contributed by atoms with Crippen LogP contribution in [0.25, 0.3) is 10.1 Å². The van der Waals surface area contributed by atoms with Gasteiger partial charge in [-0.15, -0.1) is 11.3 Å². The standard InChI is InChI=1S/C21H22N2OS.C2HF3O2/c22-14-15-4-3-6-17(12-15)16-8-10-23(11-9-16)21(24)20-13-18-5-1-2-7-19(18)25-20;3-2(4,5)1(6)7/h1-7,12-13,16H,8-11,14,22H2;(H,6,7). The van der Waals surface area contributed by atoms with Gasteiger partial charge < -0.3 is 15.7 Å². The summed E-state index contributed by atoms with van der Waals surface area (Å²) in [5.41, 5.74) is 8.29. The smallest absolute Gasteiger partial charge is 0.475 e. The van der Waals surface area contributed by atoms with Crippen molar-refractivity contribution >= 4 is 33.3 Å². The van der Waals surface area contributed by atoms with Gasteiger partial charge in [-0.05, 0) is 47.4 Å². The Morgan fingerprint density at radius 1 is 1.06 bits per heavy atom. The zero-order chi connectivity index (χ0) is 23.3. The highest BCUT2D eigenvalue weighted by Crippen LogP contribution is 2.31. The number of alkyl halides is 3. The highest BCUT2D eigenvalue weighted by atomic mass is 32.1. The van der Waals surface area contributed by atoms with Crippen LogP contribution in [0.4, 0.5) is 13.2 Å². The second-order valence-electron chi connectivity index (χ2n) is 7.47. The molecule has 1 amide bonds. The lowest BCUT2D eigenvalue weighted by molar-refractivity contribution is -0.192. The van der Waals surface area contributed by atoms with Gasteiger partial charge in [-0.3, -0.25) is 4.79 Å². The number of piperidine rings is 1. The number of amides is 1. The zero-order valence-electron chi connectivity index (χ0n) is 17.1. The van der Waals surface area contributed by atoms with E-state index in [1.165, 1.54) is 15.8 Å². The van der Waals surface area contributed by atoms with E-state index in [2.05, 4.69) is 36.4 Å². The zero-order valence-corrected chi connectivity index (χ0v) is 18.0. The Labute approximate surface area is 187 Å².